The Kier molecular flexibility index (Phi) is 7.00. The van der Waals surface area contributed by atoms with Crippen molar-refractivity contribution in [3.8, 4) is 0 Å². The topological polar surface area (TPSA) is 70.7 Å². The van der Waals surface area contributed by atoms with Gasteiger partial charge in [-0.3, -0.25) is 15.0 Å². The lowest BCUT2D eigenvalue weighted by Gasteiger charge is -2.30. The van der Waals surface area contributed by atoms with Crippen molar-refractivity contribution in [2.45, 2.75) is 39.8 Å². The van der Waals surface area contributed by atoms with Crippen molar-refractivity contribution in [1.29, 1.82) is 0 Å². The highest BCUT2D eigenvalue weighted by Crippen LogP contribution is 2.38. The third kappa shape index (κ3) is 5.01. The van der Waals surface area contributed by atoms with Gasteiger partial charge in [-0.25, -0.2) is 4.79 Å². The van der Waals surface area contributed by atoms with Crippen LogP contribution in [0.4, 0.5) is 5.00 Å². The number of ether oxygens (including phenoxy) is 1. The van der Waals surface area contributed by atoms with Gasteiger partial charge >= 0.3 is 5.97 Å². The van der Waals surface area contributed by atoms with Gasteiger partial charge in [0.15, 0.2) is 5.11 Å². The standard InChI is InChI=1S/C21H25N3O3S2/c1-4-27-20(26)17-15-10-11-24(13(2)3)12-16(15)29-19(17)23-21(28)22-18(25)14-8-6-5-7-9-14/h5-9,13H,4,10-12H2,1-3H3,(H2,22,23,25,28). The number of hydrogen-bond donors (Lipinski definition) is 2. The van der Waals surface area contributed by atoms with E-state index < -0.39 is 0 Å². The van der Waals surface area contributed by atoms with Crippen molar-refractivity contribution < 1.29 is 14.3 Å². The summed E-state index contributed by atoms with van der Waals surface area (Å²) in [5.41, 5.74) is 2.07. The molecule has 2 heterocycles. The van der Waals surface area contributed by atoms with Crippen LogP contribution in [0.5, 0.6) is 0 Å². The summed E-state index contributed by atoms with van der Waals surface area (Å²) in [5.74, 6) is -0.657. The van der Waals surface area contributed by atoms with E-state index in [1.54, 1.807) is 31.2 Å². The van der Waals surface area contributed by atoms with Crippen LogP contribution in [0.25, 0.3) is 0 Å². The third-order valence-corrected chi connectivity index (χ3v) is 6.12. The van der Waals surface area contributed by atoms with E-state index in [2.05, 4.69) is 29.4 Å². The maximum absolute atomic E-state index is 12.6. The molecule has 0 fully saturated rings. The van der Waals surface area contributed by atoms with Gasteiger partial charge in [0.25, 0.3) is 5.91 Å². The van der Waals surface area contributed by atoms with Crippen LogP contribution in [0.1, 0.15) is 51.9 Å². The van der Waals surface area contributed by atoms with Crippen molar-refractivity contribution in [2.24, 2.45) is 0 Å². The number of carbonyl (C=O) groups is 2. The molecule has 0 saturated carbocycles. The molecule has 1 aliphatic heterocycles. The molecule has 1 aromatic carbocycles. The second-order valence-electron chi connectivity index (χ2n) is 7.02. The van der Waals surface area contributed by atoms with Gasteiger partial charge in [-0.2, -0.15) is 0 Å². The lowest BCUT2D eigenvalue weighted by atomic mass is 10.0. The van der Waals surface area contributed by atoms with Crippen LogP contribution in [0.3, 0.4) is 0 Å². The first-order valence-corrected chi connectivity index (χ1v) is 10.9. The van der Waals surface area contributed by atoms with Crippen LogP contribution >= 0.6 is 23.6 Å². The molecule has 0 atom stereocenters. The lowest BCUT2D eigenvalue weighted by Crippen LogP contribution is -2.35. The van der Waals surface area contributed by atoms with E-state index in [-0.39, 0.29) is 17.0 Å². The highest BCUT2D eigenvalue weighted by atomic mass is 32.1. The number of thiophene rings is 1. The number of amides is 1. The van der Waals surface area contributed by atoms with Crippen LogP contribution in [-0.4, -0.2) is 41.1 Å². The van der Waals surface area contributed by atoms with Crippen molar-refractivity contribution in [2.75, 3.05) is 18.5 Å². The molecule has 154 valence electrons. The zero-order valence-corrected chi connectivity index (χ0v) is 18.4. The summed E-state index contributed by atoms with van der Waals surface area (Å²) in [6.45, 7) is 8.10. The quantitative estimate of drug-likeness (QED) is 0.554. The number of fused-ring (bicyclic) bond motifs is 1. The Labute approximate surface area is 180 Å². The summed E-state index contributed by atoms with van der Waals surface area (Å²) in [6.07, 6.45) is 0.781. The Hall–Kier alpha value is -2.29. The van der Waals surface area contributed by atoms with Gasteiger partial charge in [0.05, 0.1) is 12.2 Å². The molecule has 1 amide bonds. The summed E-state index contributed by atoms with van der Waals surface area (Å²) in [5, 5.41) is 6.51. The molecule has 1 aromatic heterocycles. The summed E-state index contributed by atoms with van der Waals surface area (Å²) in [4.78, 5) is 28.5. The van der Waals surface area contributed by atoms with E-state index in [1.807, 2.05) is 6.07 Å². The zero-order valence-electron chi connectivity index (χ0n) is 16.8. The maximum Gasteiger partial charge on any atom is 0.341 e. The number of benzene rings is 1. The van der Waals surface area contributed by atoms with Crippen LogP contribution < -0.4 is 10.6 Å². The van der Waals surface area contributed by atoms with Crippen LogP contribution in [-0.2, 0) is 17.7 Å². The van der Waals surface area contributed by atoms with Gasteiger partial charge < -0.3 is 10.1 Å². The largest absolute Gasteiger partial charge is 0.462 e. The number of anilines is 1. The highest BCUT2D eigenvalue weighted by Gasteiger charge is 2.30. The molecule has 0 radical (unpaired) electrons. The minimum absolute atomic E-state index is 0.156. The predicted molar refractivity (Wildman–Crippen MR) is 120 cm³/mol. The number of hydrogen-bond acceptors (Lipinski definition) is 6. The molecule has 0 aliphatic carbocycles. The van der Waals surface area contributed by atoms with Crippen molar-refractivity contribution in [3.63, 3.8) is 0 Å². The number of thiocarbonyl (C=S) groups is 1. The molecule has 8 heteroatoms. The Balaban J connectivity index is 1.81. The molecule has 0 bridgehead atoms. The molecule has 29 heavy (non-hydrogen) atoms. The van der Waals surface area contributed by atoms with Gasteiger partial charge in [0.2, 0.25) is 0 Å². The monoisotopic (exact) mass is 431 g/mol. The third-order valence-electron chi connectivity index (χ3n) is 4.79. The molecule has 2 aromatic rings. The zero-order chi connectivity index (χ0) is 21.0. The lowest BCUT2D eigenvalue weighted by molar-refractivity contribution is 0.0526. The van der Waals surface area contributed by atoms with Gasteiger partial charge in [-0.15, -0.1) is 11.3 Å². The Morgan fingerprint density at radius 1 is 1.28 bits per heavy atom. The fourth-order valence-electron chi connectivity index (χ4n) is 3.27. The Morgan fingerprint density at radius 2 is 2.00 bits per heavy atom. The van der Waals surface area contributed by atoms with Gasteiger partial charge in [0, 0.05) is 29.6 Å². The number of nitrogens with one attached hydrogen (secondary N) is 2. The SMILES string of the molecule is CCOC(=O)c1c(NC(=S)NC(=O)c2ccccc2)sc2c1CCN(C(C)C)C2. The molecule has 2 N–H and O–H groups in total. The molecule has 0 saturated heterocycles. The molecule has 6 nitrogen and oxygen atoms in total. The molecule has 3 rings (SSSR count). The van der Waals surface area contributed by atoms with Gasteiger partial charge in [-0.1, -0.05) is 18.2 Å². The highest BCUT2D eigenvalue weighted by molar-refractivity contribution is 7.80. The minimum Gasteiger partial charge on any atom is -0.462 e. The normalized spacial score (nSPS) is 13.7. The average molecular weight is 432 g/mol. The van der Waals surface area contributed by atoms with E-state index in [4.69, 9.17) is 17.0 Å². The first-order chi connectivity index (χ1) is 13.9. The van der Waals surface area contributed by atoms with Gasteiger partial charge in [-0.05, 0) is 57.1 Å². The number of carbonyl (C=O) groups excluding carboxylic acids is 2. The first-order valence-electron chi connectivity index (χ1n) is 9.63. The fraction of sp³-hybridized carbons (Fsp3) is 0.381. The second-order valence-corrected chi connectivity index (χ2v) is 8.53. The van der Waals surface area contributed by atoms with Gasteiger partial charge in [0.1, 0.15) is 5.00 Å². The summed E-state index contributed by atoms with van der Waals surface area (Å²) < 4.78 is 5.28. The Bertz CT molecular complexity index is 909. The average Bonchev–Trinajstić information content (AvgIpc) is 3.05. The molecular formula is C21H25N3O3S2. The van der Waals surface area contributed by atoms with E-state index in [0.29, 0.717) is 28.8 Å². The van der Waals surface area contributed by atoms with E-state index >= 15 is 0 Å². The summed E-state index contributed by atoms with van der Waals surface area (Å²) >= 11 is 6.83. The molecule has 0 unspecified atom stereocenters. The van der Waals surface area contributed by atoms with Crippen molar-refractivity contribution >= 4 is 45.5 Å². The maximum atomic E-state index is 12.6. The minimum atomic E-state index is -0.359. The summed E-state index contributed by atoms with van der Waals surface area (Å²) in [6, 6.07) is 9.28. The molecule has 0 spiro atoms. The first kappa shape index (κ1) is 21.4. The van der Waals surface area contributed by atoms with Crippen molar-refractivity contribution in [3.05, 3.63) is 51.9 Å². The van der Waals surface area contributed by atoms with E-state index in [0.717, 1.165) is 30.0 Å². The number of nitrogens with zero attached hydrogens (tertiary/aromatic N) is 1. The summed E-state index contributed by atoms with van der Waals surface area (Å²) in [7, 11) is 0. The molecule has 1 aliphatic rings. The van der Waals surface area contributed by atoms with Crippen LogP contribution in [0, 0.1) is 0 Å². The number of rotatable bonds is 5. The van der Waals surface area contributed by atoms with Crippen LogP contribution in [0.2, 0.25) is 0 Å². The van der Waals surface area contributed by atoms with E-state index in [9.17, 15) is 9.59 Å². The van der Waals surface area contributed by atoms with E-state index in [1.165, 1.54) is 11.3 Å². The van der Waals surface area contributed by atoms with Crippen LogP contribution in [0.15, 0.2) is 30.3 Å². The second kappa shape index (κ2) is 9.47. The number of esters is 1. The fourth-order valence-corrected chi connectivity index (χ4v) is 4.80. The van der Waals surface area contributed by atoms with Crippen molar-refractivity contribution in [1.82, 2.24) is 10.2 Å². The smallest absolute Gasteiger partial charge is 0.341 e. The Morgan fingerprint density at radius 3 is 2.66 bits per heavy atom. The molecular weight excluding hydrogens is 406 g/mol. The predicted octanol–water partition coefficient (Wildman–Crippen LogP) is 3.82.